The normalized spacial score (nSPS) is 10.5. The fourth-order valence-corrected chi connectivity index (χ4v) is 1.79. The van der Waals surface area contributed by atoms with E-state index in [1.54, 1.807) is 7.05 Å². The van der Waals surface area contributed by atoms with Crippen LogP contribution in [0.15, 0.2) is 30.3 Å². The topological polar surface area (TPSA) is 69.6 Å². The van der Waals surface area contributed by atoms with E-state index in [0.717, 1.165) is 30.3 Å². The number of carboxylic acids is 1. The molecule has 2 N–H and O–H groups in total. The van der Waals surface area contributed by atoms with Crippen molar-refractivity contribution in [2.75, 3.05) is 25.0 Å². The molecule has 0 fully saturated rings. The lowest BCUT2D eigenvalue weighted by molar-refractivity contribution is -0.131. The number of carbonyl (C=O) groups excluding carboxylic acids is 1. The minimum absolute atomic E-state index is 0.0340. The van der Waals surface area contributed by atoms with Crippen LogP contribution in [0.5, 0.6) is 0 Å². The van der Waals surface area contributed by atoms with E-state index in [1.165, 1.54) is 6.08 Å². The Morgan fingerprint density at radius 3 is 2.45 bits per heavy atom. The average Bonchev–Trinajstić information content (AvgIpc) is 2.45. The van der Waals surface area contributed by atoms with Crippen molar-refractivity contribution in [2.45, 2.75) is 13.3 Å². The number of aliphatic carboxylic acids is 1. The number of amides is 1. The summed E-state index contributed by atoms with van der Waals surface area (Å²) < 4.78 is 0. The van der Waals surface area contributed by atoms with Gasteiger partial charge in [0.2, 0.25) is 5.91 Å². The molecule has 1 amide bonds. The fourth-order valence-electron chi connectivity index (χ4n) is 1.79. The molecule has 0 radical (unpaired) electrons. The third kappa shape index (κ3) is 5.14. The molecule has 20 heavy (non-hydrogen) atoms. The predicted octanol–water partition coefficient (Wildman–Crippen LogP) is 1.75. The molecule has 0 heterocycles. The highest BCUT2D eigenvalue weighted by atomic mass is 16.4. The zero-order valence-corrected chi connectivity index (χ0v) is 11.8. The van der Waals surface area contributed by atoms with Crippen LogP contribution in [-0.2, 0) is 9.59 Å². The number of hydrogen-bond donors (Lipinski definition) is 2. The minimum atomic E-state index is -0.971. The van der Waals surface area contributed by atoms with Crippen molar-refractivity contribution < 1.29 is 14.7 Å². The Labute approximate surface area is 118 Å². The molecular formula is C15H20N2O3. The molecule has 1 aromatic carbocycles. The van der Waals surface area contributed by atoms with Gasteiger partial charge in [0.1, 0.15) is 0 Å². The summed E-state index contributed by atoms with van der Waals surface area (Å²) >= 11 is 0. The number of likely N-dealkylation sites (N-methyl/N-ethyl adjacent to an activating group) is 1. The molecule has 0 aromatic heterocycles. The molecule has 5 heteroatoms. The van der Waals surface area contributed by atoms with Crippen LogP contribution < -0.4 is 10.2 Å². The number of anilines is 1. The van der Waals surface area contributed by atoms with Gasteiger partial charge in [-0.3, -0.25) is 4.79 Å². The molecule has 5 nitrogen and oxygen atoms in total. The number of carboxylic acid groups (broad SMARTS) is 1. The van der Waals surface area contributed by atoms with Crippen LogP contribution in [-0.4, -0.2) is 37.1 Å². The molecule has 0 saturated heterocycles. The van der Waals surface area contributed by atoms with Gasteiger partial charge in [-0.25, -0.2) is 4.79 Å². The third-order valence-corrected chi connectivity index (χ3v) is 2.78. The summed E-state index contributed by atoms with van der Waals surface area (Å²) in [6, 6.07) is 7.45. The highest BCUT2D eigenvalue weighted by Gasteiger charge is 2.09. The zero-order chi connectivity index (χ0) is 15.0. The van der Waals surface area contributed by atoms with Crippen molar-refractivity contribution in [1.29, 1.82) is 0 Å². The van der Waals surface area contributed by atoms with Crippen LogP contribution in [0.1, 0.15) is 18.9 Å². The maximum Gasteiger partial charge on any atom is 0.328 e. The Morgan fingerprint density at radius 2 is 1.95 bits per heavy atom. The summed E-state index contributed by atoms with van der Waals surface area (Å²) in [6.07, 6.45) is 3.58. The number of nitrogens with zero attached hydrogens (tertiary/aromatic N) is 1. The van der Waals surface area contributed by atoms with Crippen LogP contribution in [0.25, 0.3) is 6.08 Å². The summed E-state index contributed by atoms with van der Waals surface area (Å²) in [6.45, 7) is 3.16. The molecule has 0 aliphatic carbocycles. The Hall–Kier alpha value is -2.30. The molecule has 108 valence electrons. The first-order chi connectivity index (χ1) is 9.56. The summed E-state index contributed by atoms with van der Waals surface area (Å²) in [5, 5.41) is 11.2. The van der Waals surface area contributed by atoms with Gasteiger partial charge in [-0.2, -0.15) is 0 Å². The molecule has 0 aliphatic heterocycles. The second kappa shape index (κ2) is 7.99. The largest absolute Gasteiger partial charge is 0.478 e. The lowest BCUT2D eigenvalue weighted by Gasteiger charge is -2.23. The summed E-state index contributed by atoms with van der Waals surface area (Å²) in [5.41, 5.74) is 1.76. The number of nitrogens with one attached hydrogen (secondary N) is 1. The molecule has 0 spiro atoms. The third-order valence-electron chi connectivity index (χ3n) is 2.78. The van der Waals surface area contributed by atoms with E-state index in [-0.39, 0.29) is 5.91 Å². The fraction of sp³-hybridized carbons (Fsp3) is 0.333. The summed E-state index contributed by atoms with van der Waals surface area (Å²) in [5.74, 6) is -1.00. The van der Waals surface area contributed by atoms with Crippen molar-refractivity contribution in [3.63, 3.8) is 0 Å². The van der Waals surface area contributed by atoms with Crippen LogP contribution in [0.3, 0.4) is 0 Å². The van der Waals surface area contributed by atoms with E-state index in [2.05, 4.69) is 12.2 Å². The second-order valence-electron chi connectivity index (χ2n) is 4.36. The van der Waals surface area contributed by atoms with Crippen molar-refractivity contribution in [3.8, 4) is 0 Å². The molecule has 0 unspecified atom stereocenters. The van der Waals surface area contributed by atoms with Crippen LogP contribution in [0.4, 0.5) is 5.69 Å². The van der Waals surface area contributed by atoms with Crippen LogP contribution in [0, 0.1) is 0 Å². The lowest BCUT2D eigenvalue weighted by Crippen LogP contribution is -2.36. The molecule has 0 bridgehead atoms. The van der Waals surface area contributed by atoms with Crippen molar-refractivity contribution in [2.24, 2.45) is 0 Å². The van der Waals surface area contributed by atoms with Crippen LogP contribution in [0.2, 0.25) is 0 Å². The van der Waals surface area contributed by atoms with Gasteiger partial charge >= 0.3 is 5.97 Å². The van der Waals surface area contributed by atoms with Gasteiger partial charge in [0, 0.05) is 25.4 Å². The van der Waals surface area contributed by atoms with E-state index in [9.17, 15) is 9.59 Å². The maximum atomic E-state index is 11.5. The number of hydrogen-bond acceptors (Lipinski definition) is 3. The first-order valence-electron chi connectivity index (χ1n) is 6.53. The van der Waals surface area contributed by atoms with Gasteiger partial charge in [-0.15, -0.1) is 0 Å². The van der Waals surface area contributed by atoms with E-state index >= 15 is 0 Å². The standard InChI is InChI=1S/C15H20N2O3/c1-3-10-17(11-14(18)16-2)13-7-4-12(5-8-13)6-9-15(19)20/h4-9H,3,10-11H2,1-2H3,(H,16,18)(H,19,20). The quantitative estimate of drug-likeness (QED) is 0.744. The molecular weight excluding hydrogens is 256 g/mol. The molecule has 1 aromatic rings. The number of benzene rings is 1. The molecule has 0 aliphatic rings. The maximum absolute atomic E-state index is 11.5. The molecule has 0 saturated carbocycles. The van der Waals surface area contributed by atoms with Gasteiger partial charge < -0.3 is 15.3 Å². The van der Waals surface area contributed by atoms with Gasteiger partial charge in [0.25, 0.3) is 0 Å². The SMILES string of the molecule is CCCN(CC(=O)NC)c1ccc(C=CC(=O)O)cc1. The van der Waals surface area contributed by atoms with Gasteiger partial charge in [0.05, 0.1) is 6.54 Å². The van der Waals surface area contributed by atoms with E-state index in [0.29, 0.717) is 6.54 Å². The number of rotatable bonds is 7. The van der Waals surface area contributed by atoms with E-state index < -0.39 is 5.97 Å². The van der Waals surface area contributed by atoms with Gasteiger partial charge in [-0.05, 0) is 30.2 Å². The van der Waals surface area contributed by atoms with Crippen LogP contribution >= 0.6 is 0 Å². The predicted molar refractivity (Wildman–Crippen MR) is 79.7 cm³/mol. The lowest BCUT2D eigenvalue weighted by atomic mass is 10.1. The first-order valence-corrected chi connectivity index (χ1v) is 6.53. The zero-order valence-electron chi connectivity index (χ0n) is 11.8. The Morgan fingerprint density at radius 1 is 1.30 bits per heavy atom. The molecule has 0 atom stereocenters. The summed E-state index contributed by atoms with van der Waals surface area (Å²) in [7, 11) is 1.62. The van der Waals surface area contributed by atoms with Gasteiger partial charge in [0.15, 0.2) is 0 Å². The highest BCUT2D eigenvalue weighted by Crippen LogP contribution is 2.16. The molecule has 1 rings (SSSR count). The van der Waals surface area contributed by atoms with Gasteiger partial charge in [-0.1, -0.05) is 19.1 Å². The monoisotopic (exact) mass is 276 g/mol. The van der Waals surface area contributed by atoms with Crippen molar-refractivity contribution in [3.05, 3.63) is 35.9 Å². The Balaban J connectivity index is 2.81. The van der Waals surface area contributed by atoms with Crippen molar-refractivity contribution >= 4 is 23.6 Å². The Kier molecular flexibility index (Phi) is 6.29. The summed E-state index contributed by atoms with van der Waals surface area (Å²) in [4.78, 5) is 23.9. The average molecular weight is 276 g/mol. The highest BCUT2D eigenvalue weighted by molar-refractivity contribution is 5.85. The van der Waals surface area contributed by atoms with E-state index in [1.807, 2.05) is 29.2 Å². The van der Waals surface area contributed by atoms with Crippen molar-refractivity contribution in [1.82, 2.24) is 5.32 Å². The first kappa shape index (κ1) is 15.8. The number of carbonyl (C=O) groups is 2. The Bertz CT molecular complexity index is 480. The van der Waals surface area contributed by atoms with E-state index in [4.69, 9.17) is 5.11 Å². The second-order valence-corrected chi connectivity index (χ2v) is 4.36. The smallest absolute Gasteiger partial charge is 0.328 e. The minimum Gasteiger partial charge on any atom is -0.478 e.